The van der Waals surface area contributed by atoms with Gasteiger partial charge in [-0.15, -0.1) is 0 Å². The van der Waals surface area contributed by atoms with Crippen LogP contribution >= 0.6 is 11.9 Å². The van der Waals surface area contributed by atoms with Crippen LogP contribution < -0.4 is 10.6 Å². The van der Waals surface area contributed by atoms with Gasteiger partial charge in [0.2, 0.25) is 11.8 Å². The van der Waals surface area contributed by atoms with Crippen molar-refractivity contribution in [2.75, 3.05) is 18.0 Å². The third-order valence-corrected chi connectivity index (χ3v) is 8.12. The lowest BCUT2D eigenvalue weighted by Gasteiger charge is -2.27. The molecule has 3 aromatic rings. The number of carboxylic acid groups (broad SMARTS) is 1. The first-order valence-corrected chi connectivity index (χ1v) is 14.2. The topological polar surface area (TPSA) is 124 Å². The van der Waals surface area contributed by atoms with Gasteiger partial charge in [0.15, 0.2) is 0 Å². The normalized spacial score (nSPS) is 13.8. The number of hydrogen-bond donors (Lipinski definition) is 3. The number of aromatic carboxylic acids is 1. The van der Waals surface area contributed by atoms with Crippen LogP contribution in [0.25, 0.3) is 0 Å². The van der Waals surface area contributed by atoms with Gasteiger partial charge in [0.25, 0.3) is 0 Å². The molecule has 0 heterocycles. The van der Waals surface area contributed by atoms with Crippen LogP contribution in [0.5, 0.6) is 5.75 Å². The van der Waals surface area contributed by atoms with Gasteiger partial charge in [0, 0.05) is 16.6 Å². The molecule has 0 unspecified atom stereocenters. The Labute approximate surface area is 238 Å². The van der Waals surface area contributed by atoms with E-state index in [1.807, 2.05) is 43.3 Å². The van der Waals surface area contributed by atoms with Gasteiger partial charge in [-0.3, -0.25) is 9.59 Å². The Morgan fingerprint density at radius 3 is 2.20 bits per heavy atom. The highest BCUT2D eigenvalue weighted by Crippen LogP contribution is 2.33. The molecule has 210 valence electrons. The molecule has 2 amide bonds. The summed E-state index contributed by atoms with van der Waals surface area (Å²) >= 11 is 1.26. The number of amides is 2. The molecular formula is C31H35N3O5S. The number of carbonyl (C=O) groups excluding carboxylic acids is 2. The summed E-state index contributed by atoms with van der Waals surface area (Å²) in [5, 5.41) is 19.7. The predicted octanol–water partition coefficient (Wildman–Crippen LogP) is 5.47. The summed E-state index contributed by atoms with van der Waals surface area (Å²) in [7, 11) is 0. The smallest absolute Gasteiger partial charge is 0.339 e. The molecule has 40 heavy (non-hydrogen) atoms. The molecule has 4 N–H and O–H groups in total. The summed E-state index contributed by atoms with van der Waals surface area (Å²) in [6, 6.07) is 20.0. The Morgan fingerprint density at radius 2 is 1.60 bits per heavy atom. The Bertz CT molecular complexity index is 1340. The van der Waals surface area contributed by atoms with Crippen molar-refractivity contribution in [3.63, 3.8) is 0 Å². The molecular weight excluding hydrogens is 526 g/mol. The number of nitrogens with zero attached hydrogens (tertiary/aromatic N) is 2. The van der Waals surface area contributed by atoms with Crippen LogP contribution in [0.3, 0.4) is 0 Å². The number of nitrogens with two attached hydrogens (primary N) is 1. The van der Waals surface area contributed by atoms with E-state index in [2.05, 4.69) is 12.1 Å². The molecule has 4 rings (SSSR count). The summed E-state index contributed by atoms with van der Waals surface area (Å²) in [6.45, 7) is 1.90. The minimum atomic E-state index is -1.26. The van der Waals surface area contributed by atoms with E-state index < -0.39 is 17.6 Å². The van der Waals surface area contributed by atoms with E-state index in [1.54, 1.807) is 4.31 Å². The lowest BCUT2D eigenvalue weighted by molar-refractivity contribution is -0.120. The lowest BCUT2D eigenvalue weighted by Crippen LogP contribution is -2.40. The molecule has 0 saturated heterocycles. The highest BCUT2D eigenvalue weighted by Gasteiger charge is 2.24. The summed E-state index contributed by atoms with van der Waals surface area (Å²) < 4.78 is 1.60. The molecule has 0 spiro atoms. The molecule has 1 aliphatic carbocycles. The van der Waals surface area contributed by atoms with Crippen LogP contribution in [0.1, 0.15) is 65.1 Å². The van der Waals surface area contributed by atoms with Crippen molar-refractivity contribution in [2.45, 2.75) is 56.4 Å². The third kappa shape index (κ3) is 7.86. The van der Waals surface area contributed by atoms with Gasteiger partial charge in [-0.25, -0.2) is 9.10 Å². The van der Waals surface area contributed by atoms with E-state index in [9.17, 15) is 24.6 Å². The molecule has 0 atom stereocenters. The Hall–Kier alpha value is -3.82. The number of benzene rings is 3. The van der Waals surface area contributed by atoms with Crippen molar-refractivity contribution in [1.82, 2.24) is 4.31 Å². The minimum absolute atomic E-state index is 0.136. The zero-order chi connectivity index (χ0) is 28.6. The number of aryl methyl sites for hydroxylation is 1. The number of hydrogen-bond acceptors (Lipinski definition) is 6. The van der Waals surface area contributed by atoms with E-state index in [4.69, 9.17) is 5.73 Å². The number of aromatic hydroxyl groups is 1. The molecule has 8 nitrogen and oxygen atoms in total. The summed E-state index contributed by atoms with van der Waals surface area (Å²) in [5.41, 5.74) is 8.87. The average molecular weight is 562 g/mol. The number of rotatable bonds is 11. The maximum absolute atomic E-state index is 13.7. The highest BCUT2D eigenvalue weighted by atomic mass is 32.2. The molecule has 9 heteroatoms. The van der Waals surface area contributed by atoms with Crippen molar-refractivity contribution in [3.05, 3.63) is 89.0 Å². The zero-order valence-electron chi connectivity index (χ0n) is 22.6. The molecule has 0 aromatic heterocycles. The van der Waals surface area contributed by atoms with E-state index >= 15 is 0 Å². The van der Waals surface area contributed by atoms with Gasteiger partial charge in [-0.2, -0.15) is 0 Å². The van der Waals surface area contributed by atoms with E-state index in [-0.39, 0.29) is 31.1 Å². The number of carbonyl (C=O) groups is 3. The quantitative estimate of drug-likeness (QED) is 0.265. The van der Waals surface area contributed by atoms with Crippen molar-refractivity contribution in [1.29, 1.82) is 0 Å². The molecule has 3 aromatic carbocycles. The largest absolute Gasteiger partial charge is 0.507 e. The van der Waals surface area contributed by atoms with Crippen molar-refractivity contribution in [3.8, 4) is 5.75 Å². The minimum Gasteiger partial charge on any atom is -0.507 e. The molecule has 0 aliphatic heterocycles. The second-order valence-corrected chi connectivity index (χ2v) is 11.4. The maximum Gasteiger partial charge on any atom is 0.339 e. The first-order valence-electron chi connectivity index (χ1n) is 13.4. The molecule has 1 aliphatic rings. The van der Waals surface area contributed by atoms with Gasteiger partial charge in [-0.05, 0) is 73.0 Å². The van der Waals surface area contributed by atoms with Crippen molar-refractivity contribution < 1.29 is 24.6 Å². The van der Waals surface area contributed by atoms with E-state index in [0.717, 1.165) is 16.0 Å². The van der Waals surface area contributed by atoms with Crippen LogP contribution in [0.15, 0.2) is 71.6 Å². The maximum atomic E-state index is 13.7. The first-order chi connectivity index (χ1) is 19.2. The monoisotopic (exact) mass is 561 g/mol. The predicted molar refractivity (Wildman–Crippen MR) is 156 cm³/mol. The fraction of sp³-hybridized carbons (Fsp3) is 0.323. The first kappa shape index (κ1) is 29.2. The number of anilines is 1. The number of carboxylic acids is 1. The SMILES string of the molecule is Cc1ccc(SN(CC(N)=O)CC(=O)N(Cc2ccc(C3CCCCC3)cc2)c2ccc(C(=O)O)c(O)c2)cc1. The molecule has 1 fully saturated rings. The lowest BCUT2D eigenvalue weighted by atomic mass is 9.84. The fourth-order valence-corrected chi connectivity index (χ4v) is 5.91. The number of primary amides is 1. The zero-order valence-corrected chi connectivity index (χ0v) is 23.4. The van der Waals surface area contributed by atoms with Gasteiger partial charge >= 0.3 is 5.97 Å². The van der Waals surface area contributed by atoms with Gasteiger partial charge in [0.05, 0.1) is 19.6 Å². The summed E-state index contributed by atoms with van der Waals surface area (Å²) in [4.78, 5) is 39.4. The van der Waals surface area contributed by atoms with Crippen LogP contribution in [-0.4, -0.2) is 45.4 Å². The second-order valence-electron chi connectivity index (χ2n) is 10.2. The van der Waals surface area contributed by atoms with Crippen LogP contribution in [0.4, 0.5) is 5.69 Å². The third-order valence-electron chi connectivity index (χ3n) is 7.12. The second kappa shape index (κ2) is 13.5. The van der Waals surface area contributed by atoms with E-state index in [1.165, 1.54) is 72.7 Å². The van der Waals surface area contributed by atoms with E-state index in [0.29, 0.717) is 11.6 Å². The van der Waals surface area contributed by atoms with Crippen LogP contribution in [-0.2, 0) is 16.1 Å². The van der Waals surface area contributed by atoms with Crippen molar-refractivity contribution >= 4 is 35.4 Å². The number of phenols is 1. The fourth-order valence-electron chi connectivity index (χ4n) is 4.98. The van der Waals surface area contributed by atoms with Gasteiger partial charge in [-0.1, -0.05) is 61.2 Å². The molecule has 0 bridgehead atoms. The van der Waals surface area contributed by atoms with Crippen LogP contribution in [0.2, 0.25) is 0 Å². The van der Waals surface area contributed by atoms with Gasteiger partial charge < -0.3 is 20.8 Å². The highest BCUT2D eigenvalue weighted by molar-refractivity contribution is 7.97. The van der Waals surface area contributed by atoms with Gasteiger partial charge in [0.1, 0.15) is 11.3 Å². The summed E-state index contributed by atoms with van der Waals surface area (Å²) in [5.74, 6) is -2.04. The molecule has 1 saturated carbocycles. The van der Waals surface area contributed by atoms with Crippen molar-refractivity contribution in [2.24, 2.45) is 5.73 Å². The molecule has 0 radical (unpaired) electrons. The Balaban J connectivity index is 1.59. The average Bonchev–Trinajstić information content (AvgIpc) is 2.93. The Kier molecular flexibility index (Phi) is 9.84. The van der Waals surface area contributed by atoms with Crippen LogP contribution in [0, 0.1) is 6.92 Å². The Morgan fingerprint density at radius 1 is 0.925 bits per heavy atom. The standard InChI is InChI=1S/C31H35N3O5S/c1-21-7-14-26(15-8-21)40-33(19-29(32)36)20-30(37)34(25-13-16-27(31(38)39)28(35)17-25)18-22-9-11-24(12-10-22)23-5-3-2-4-6-23/h7-17,23,35H,2-6,18-20H2,1H3,(H2,32,36)(H,38,39). The summed E-state index contributed by atoms with van der Waals surface area (Å²) in [6.07, 6.45) is 6.15.